The first-order valence-electron chi connectivity index (χ1n) is 5.75. The van der Waals surface area contributed by atoms with E-state index in [1.54, 1.807) is 18.2 Å². The summed E-state index contributed by atoms with van der Waals surface area (Å²) in [7, 11) is 0. The number of hydrogen-bond donors (Lipinski definition) is 1. The van der Waals surface area contributed by atoms with E-state index >= 15 is 0 Å². The van der Waals surface area contributed by atoms with Crippen LogP contribution in [0.15, 0.2) is 36.5 Å². The van der Waals surface area contributed by atoms with Crippen LogP contribution in [0.4, 0.5) is 8.78 Å². The van der Waals surface area contributed by atoms with E-state index in [9.17, 15) is 13.6 Å². The van der Waals surface area contributed by atoms with E-state index in [1.807, 2.05) is 0 Å². The number of hydrogen-bond acceptors (Lipinski definition) is 4. The highest BCUT2D eigenvalue weighted by Gasteiger charge is 2.14. The van der Waals surface area contributed by atoms with Gasteiger partial charge in [-0.05, 0) is 17.7 Å². The molecule has 1 aromatic heterocycles. The summed E-state index contributed by atoms with van der Waals surface area (Å²) in [4.78, 5) is 14.9. The number of rotatable bonds is 5. The van der Waals surface area contributed by atoms with Crippen molar-refractivity contribution in [2.75, 3.05) is 0 Å². The standard InChI is InChI=1S/C14H11F2NO3/c15-14(16)20-13-4-2-1-3-11(13)12-5-10(8-19)17-6-9(12)7-18/h1-7,14,19H,8H2. The number of benzene rings is 1. The Hall–Kier alpha value is -2.34. The Morgan fingerprint density at radius 2 is 2.05 bits per heavy atom. The van der Waals surface area contributed by atoms with Crippen molar-refractivity contribution in [3.8, 4) is 16.9 Å². The molecule has 20 heavy (non-hydrogen) atoms. The van der Waals surface area contributed by atoms with E-state index in [0.717, 1.165) is 0 Å². The van der Waals surface area contributed by atoms with E-state index in [1.165, 1.54) is 18.3 Å². The average Bonchev–Trinajstić information content (AvgIpc) is 2.46. The van der Waals surface area contributed by atoms with Crippen molar-refractivity contribution in [2.45, 2.75) is 13.2 Å². The fraction of sp³-hybridized carbons (Fsp3) is 0.143. The topological polar surface area (TPSA) is 59.4 Å². The van der Waals surface area contributed by atoms with Gasteiger partial charge in [0.1, 0.15) is 5.75 Å². The van der Waals surface area contributed by atoms with Crippen molar-refractivity contribution in [1.29, 1.82) is 0 Å². The molecule has 6 heteroatoms. The number of halogens is 2. The SMILES string of the molecule is O=Cc1cnc(CO)cc1-c1ccccc1OC(F)F. The van der Waals surface area contributed by atoms with Crippen LogP contribution < -0.4 is 4.74 Å². The molecule has 104 valence electrons. The first-order valence-corrected chi connectivity index (χ1v) is 5.75. The number of nitrogens with zero attached hydrogens (tertiary/aromatic N) is 1. The molecule has 0 aliphatic carbocycles. The number of ether oxygens (including phenoxy) is 1. The smallest absolute Gasteiger partial charge is 0.387 e. The number of carbonyl (C=O) groups excluding carboxylic acids is 1. The molecular formula is C14H11F2NO3. The van der Waals surface area contributed by atoms with Crippen LogP contribution >= 0.6 is 0 Å². The van der Waals surface area contributed by atoms with Gasteiger partial charge in [-0.1, -0.05) is 18.2 Å². The second-order valence-corrected chi connectivity index (χ2v) is 3.91. The fourth-order valence-corrected chi connectivity index (χ4v) is 1.81. The van der Waals surface area contributed by atoms with Crippen molar-refractivity contribution in [1.82, 2.24) is 4.98 Å². The van der Waals surface area contributed by atoms with E-state index in [-0.39, 0.29) is 17.9 Å². The van der Waals surface area contributed by atoms with Crippen LogP contribution in [0.5, 0.6) is 5.75 Å². The predicted octanol–water partition coefficient (Wildman–Crippen LogP) is 2.65. The molecule has 2 rings (SSSR count). The largest absolute Gasteiger partial charge is 0.434 e. The lowest BCUT2D eigenvalue weighted by molar-refractivity contribution is -0.0494. The van der Waals surface area contributed by atoms with Crippen LogP contribution in [-0.2, 0) is 6.61 Å². The predicted molar refractivity (Wildman–Crippen MR) is 67.6 cm³/mol. The Bertz CT molecular complexity index is 617. The molecule has 0 aliphatic heterocycles. The van der Waals surface area contributed by atoms with Crippen LogP contribution in [0.25, 0.3) is 11.1 Å². The number of aldehydes is 1. The van der Waals surface area contributed by atoms with Gasteiger partial charge >= 0.3 is 6.61 Å². The molecule has 1 aromatic carbocycles. The number of alkyl halides is 2. The monoisotopic (exact) mass is 279 g/mol. The van der Waals surface area contributed by atoms with E-state index in [2.05, 4.69) is 9.72 Å². The van der Waals surface area contributed by atoms with Gasteiger partial charge in [0.15, 0.2) is 6.29 Å². The third kappa shape index (κ3) is 2.97. The van der Waals surface area contributed by atoms with E-state index in [4.69, 9.17) is 5.11 Å². The molecule has 0 spiro atoms. The van der Waals surface area contributed by atoms with Crippen molar-refractivity contribution >= 4 is 6.29 Å². The molecule has 0 saturated heterocycles. The Labute approximate surface area is 113 Å². The molecular weight excluding hydrogens is 268 g/mol. The van der Waals surface area contributed by atoms with Crippen LogP contribution in [0.1, 0.15) is 16.1 Å². The Morgan fingerprint density at radius 1 is 1.30 bits per heavy atom. The summed E-state index contributed by atoms with van der Waals surface area (Å²) in [6, 6.07) is 7.60. The number of carbonyl (C=O) groups is 1. The number of para-hydroxylation sites is 1. The third-order valence-electron chi connectivity index (χ3n) is 2.67. The van der Waals surface area contributed by atoms with Gasteiger partial charge in [0.2, 0.25) is 0 Å². The van der Waals surface area contributed by atoms with Gasteiger partial charge in [0.25, 0.3) is 0 Å². The third-order valence-corrected chi connectivity index (χ3v) is 2.67. The molecule has 1 heterocycles. The highest BCUT2D eigenvalue weighted by atomic mass is 19.3. The van der Waals surface area contributed by atoms with Crippen LogP contribution in [0.2, 0.25) is 0 Å². The maximum Gasteiger partial charge on any atom is 0.387 e. The maximum absolute atomic E-state index is 12.4. The summed E-state index contributed by atoms with van der Waals surface area (Å²) in [5.74, 6) is -0.0410. The highest BCUT2D eigenvalue weighted by molar-refractivity contribution is 5.89. The lowest BCUT2D eigenvalue weighted by atomic mass is 10.0. The highest BCUT2D eigenvalue weighted by Crippen LogP contribution is 2.32. The van der Waals surface area contributed by atoms with Gasteiger partial charge in [-0.25, -0.2) is 0 Å². The normalized spacial score (nSPS) is 10.6. The van der Waals surface area contributed by atoms with Gasteiger partial charge < -0.3 is 9.84 Å². The maximum atomic E-state index is 12.4. The molecule has 0 radical (unpaired) electrons. The lowest BCUT2D eigenvalue weighted by Crippen LogP contribution is -2.04. The summed E-state index contributed by atoms with van der Waals surface area (Å²) in [5, 5.41) is 9.09. The Balaban J connectivity index is 2.58. The molecule has 4 nitrogen and oxygen atoms in total. The average molecular weight is 279 g/mol. The fourth-order valence-electron chi connectivity index (χ4n) is 1.81. The van der Waals surface area contributed by atoms with Crippen molar-refractivity contribution in [3.05, 3.63) is 47.8 Å². The van der Waals surface area contributed by atoms with E-state index < -0.39 is 6.61 Å². The second-order valence-electron chi connectivity index (χ2n) is 3.91. The zero-order chi connectivity index (χ0) is 14.5. The summed E-state index contributed by atoms with van der Waals surface area (Å²) in [5.41, 5.74) is 1.28. The molecule has 0 bridgehead atoms. The minimum atomic E-state index is -2.96. The molecule has 0 aliphatic rings. The van der Waals surface area contributed by atoms with Crippen LogP contribution in [0, 0.1) is 0 Å². The summed E-state index contributed by atoms with van der Waals surface area (Å²) < 4.78 is 29.2. The summed E-state index contributed by atoms with van der Waals surface area (Å²) in [6.07, 6.45) is 1.86. The lowest BCUT2D eigenvalue weighted by Gasteiger charge is -2.12. The Morgan fingerprint density at radius 3 is 2.70 bits per heavy atom. The van der Waals surface area contributed by atoms with Crippen molar-refractivity contribution in [3.63, 3.8) is 0 Å². The molecule has 0 atom stereocenters. The molecule has 0 saturated carbocycles. The minimum Gasteiger partial charge on any atom is -0.434 e. The quantitative estimate of drug-likeness (QED) is 0.855. The van der Waals surface area contributed by atoms with E-state index in [0.29, 0.717) is 23.1 Å². The Kier molecular flexibility index (Phi) is 4.37. The first kappa shape index (κ1) is 14.1. The number of aliphatic hydroxyl groups excluding tert-OH is 1. The molecule has 0 unspecified atom stereocenters. The van der Waals surface area contributed by atoms with Gasteiger partial charge in [-0.3, -0.25) is 9.78 Å². The zero-order valence-corrected chi connectivity index (χ0v) is 10.3. The van der Waals surface area contributed by atoms with Crippen molar-refractivity contribution < 1.29 is 23.4 Å². The molecule has 2 aromatic rings. The molecule has 1 N–H and O–H groups in total. The second kappa shape index (κ2) is 6.21. The number of aromatic nitrogens is 1. The first-order chi connectivity index (χ1) is 9.65. The van der Waals surface area contributed by atoms with Crippen LogP contribution in [0.3, 0.4) is 0 Å². The summed E-state index contributed by atoms with van der Waals surface area (Å²) >= 11 is 0. The van der Waals surface area contributed by atoms with Gasteiger partial charge in [0.05, 0.1) is 12.3 Å². The number of pyridine rings is 1. The van der Waals surface area contributed by atoms with Gasteiger partial charge in [-0.2, -0.15) is 8.78 Å². The molecule has 0 amide bonds. The zero-order valence-electron chi connectivity index (χ0n) is 10.3. The minimum absolute atomic E-state index is 0.0410. The van der Waals surface area contributed by atoms with Gasteiger partial charge in [0, 0.05) is 17.3 Å². The summed E-state index contributed by atoms with van der Waals surface area (Å²) in [6.45, 7) is -3.28. The molecule has 0 fully saturated rings. The number of aliphatic hydroxyl groups is 1. The van der Waals surface area contributed by atoms with Gasteiger partial charge in [-0.15, -0.1) is 0 Å². The van der Waals surface area contributed by atoms with Crippen LogP contribution in [-0.4, -0.2) is 23.0 Å². The van der Waals surface area contributed by atoms with Crippen molar-refractivity contribution in [2.24, 2.45) is 0 Å².